The van der Waals surface area contributed by atoms with Crippen molar-refractivity contribution < 1.29 is 9.53 Å². The number of carbonyl (C=O) groups is 1. The summed E-state index contributed by atoms with van der Waals surface area (Å²) in [5, 5.41) is 10.4. The van der Waals surface area contributed by atoms with E-state index in [0.29, 0.717) is 23.5 Å². The van der Waals surface area contributed by atoms with E-state index in [2.05, 4.69) is 23.3 Å². The smallest absolute Gasteiger partial charge is 0.146 e. The molecule has 0 radical (unpaired) electrons. The Kier molecular flexibility index (Phi) is 4.28. The van der Waals surface area contributed by atoms with Gasteiger partial charge < -0.3 is 4.74 Å². The summed E-state index contributed by atoms with van der Waals surface area (Å²) in [5.41, 5.74) is 3.52. The average Bonchev–Trinajstić information content (AvgIpc) is 2.94. The fourth-order valence-electron chi connectivity index (χ4n) is 5.81. The van der Waals surface area contributed by atoms with Crippen LogP contribution in [-0.2, 0) is 11.2 Å². The van der Waals surface area contributed by atoms with E-state index < -0.39 is 0 Å². The fourth-order valence-corrected chi connectivity index (χ4v) is 5.81. The lowest BCUT2D eigenvalue weighted by atomic mass is 9.55. The highest BCUT2D eigenvalue weighted by atomic mass is 16.5. The van der Waals surface area contributed by atoms with Crippen LogP contribution in [0.2, 0.25) is 0 Å². The minimum absolute atomic E-state index is 0.0708. The molecule has 0 heterocycles. The zero-order chi connectivity index (χ0) is 18.5. The second kappa shape index (κ2) is 6.36. The van der Waals surface area contributed by atoms with E-state index in [-0.39, 0.29) is 5.41 Å². The standard InChI is InChI=1S/C21H29N3O2/c1-21-12-11-14-13-7-9-18(26-4)20(22-23-24(2)3)16(13)6-5-15(14)17(21)8-10-19(21)25/h7,9,14-15,17H,5-6,8,10-12H2,1-4H3. The molecule has 0 amide bonds. The van der Waals surface area contributed by atoms with E-state index in [1.165, 1.54) is 11.1 Å². The van der Waals surface area contributed by atoms with Crippen LogP contribution < -0.4 is 4.74 Å². The van der Waals surface area contributed by atoms with Crippen LogP contribution in [0.5, 0.6) is 5.75 Å². The molecular weight excluding hydrogens is 326 g/mol. The van der Waals surface area contributed by atoms with Crippen molar-refractivity contribution in [1.29, 1.82) is 0 Å². The van der Waals surface area contributed by atoms with Gasteiger partial charge in [0.15, 0.2) is 0 Å². The van der Waals surface area contributed by atoms with Gasteiger partial charge in [-0.3, -0.25) is 9.80 Å². The minimum Gasteiger partial charge on any atom is -0.494 e. The van der Waals surface area contributed by atoms with E-state index >= 15 is 0 Å². The summed E-state index contributed by atoms with van der Waals surface area (Å²) < 4.78 is 5.56. The normalized spacial score (nSPS) is 32.9. The Balaban J connectivity index is 1.73. The second-order valence-corrected chi connectivity index (χ2v) is 8.55. The van der Waals surface area contributed by atoms with Gasteiger partial charge in [-0.25, -0.2) is 0 Å². The number of Topliss-reactive ketones (excluding diaryl/α,β-unsaturated/α-hetero) is 1. The lowest BCUT2D eigenvalue weighted by Gasteiger charge is -2.48. The molecule has 0 saturated heterocycles. The molecule has 0 spiro atoms. The third kappa shape index (κ3) is 2.55. The van der Waals surface area contributed by atoms with E-state index in [9.17, 15) is 4.79 Å². The molecule has 26 heavy (non-hydrogen) atoms. The van der Waals surface area contributed by atoms with Gasteiger partial charge in [0.2, 0.25) is 0 Å². The summed E-state index contributed by atoms with van der Waals surface area (Å²) in [5.74, 6) is 3.02. The van der Waals surface area contributed by atoms with Gasteiger partial charge in [-0.05, 0) is 67.1 Å². The van der Waals surface area contributed by atoms with Crippen molar-refractivity contribution in [2.75, 3.05) is 21.2 Å². The molecule has 0 N–H and O–H groups in total. The summed E-state index contributed by atoms with van der Waals surface area (Å²) >= 11 is 0. The highest BCUT2D eigenvalue weighted by Gasteiger charge is 2.54. The highest BCUT2D eigenvalue weighted by Crippen LogP contribution is 2.60. The first kappa shape index (κ1) is 17.5. The molecule has 140 valence electrons. The zero-order valence-electron chi connectivity index (χ0n) is 16.3. The molecule has 3 aliphatic rings. The van der Waals surface area contributed by atoms with Crippen molar-refractivity contribution in [2.24, 2.45) is 27.6 Å². The van der Waals surface area contributed by atoms with Crippen LogP contribution in [-0.4, -0.2) is 32.0 Å². The van der Waals surface area contributed by atoms with Crippen LogP contribution in [0.1, 0.15) is 56.1 Å². The quantitative estimate of drug-likeness (QED) is 0.584. The summed E-state index contributed by atoms with van der Waals surface area (Å²) in [6, 6.07) is 4.28. The molecule has 5 nitrogen and oxygen atoms in total. The molecule has 3 aliphatic carbocycles. The molecule has 1 aromatic rings. The first-order valence-electron chi connectivity index (χ1n) is 9.77. The summed E-state index contributed by atoms with van der Waals surface area (Å²) in [4.78, 5) is 12.5. The summed E-state index contributed by atoms with van der Waals surface area (Å²) in [6.07, 6.45) is 6.13. The summed E-state index contributed by atoms with van der Waals surface area (Å²) in [7, 11) is 5.44. The van der Waals surface area contributed by atoms with E-state index in [0.717, 1.165) is 50.0 Å². The van der Waals surface area contributed by atoms with Gasteiger partial charge in [0, 0.05) is 25.9 Å². The lowest BCUT2D eigenvalue weighted by molar-refractivity contribution is -0.129. The minimum atomic E-state index is -0.0708. The highest BCUT2D eigenvalue weighted by molar-refractivity contribution is 5.87. The molecule has 0 bridgehead atoms. The van der Waals surface area contributed by atoms with Crippen molar-refractivity contribution in [3.05, 3.63) is 23.3 Å². The van der Waals surface area contributed by atoms with Crippen LogP contribution in [0, 0.1) is 17.3 Å². The Morgan fingerprint density at radius 2 is 2.00 bits per heavy atom. The third-order valence-corrected chi connectivity index (χ3v) is 7.10. The Bertz CT molecular complexity index is 758. The van der Waals surface area contributed by atoms with Gasteiger partial charge in [0.05, 0.1) is 7.11 Å². The van der Waals surface area contributed by atoms with Crippen LogP contribution in [0.4, 0.5) is 5.69 Å². The number of hydrogen-bond donors (Lipinski definition) is 0. The molecule has 5 heteroatoms. The maximum atomic E-state index is 12.5. The van der Waals surface area contributed by atoms with Crippen molar-refractivity contribution in [3.63, 3.8) is 0 Å². The lowest BCUT2D eigenvalue weighted by Crippen LogP contribution is -2.42. The summed E-state index contributed by atoms with van der Waals surface area (Å²) in [6.45, 7) is 2.23. The van der Waals surface area contributed by atoms with Crippen molar-refractivity contribution in [2.45, 2.75) is 51.4 Å². The van der Waals surface area contributed by atoms with Gasteiger partial charge in [0.1, 0.15) is 17.2 Å². The Morgan fingerprint density at radius 3 is 2.73 bits per heavy atom. The molecule has 4 atom stereocenters. The number of benzene rings is 1. The number of ether oxygens (including phenoxy) is 1. The zero-order valence-corrected chi connectivity index (χ0v) is 16.3. The Labute approximate surface area is 155 Å². The number of hydrogen-bond acceptors (Lipinski definition) is 4. The molecule has 0 aromatic heterocycles. The Morgan fingerprint density at radius 1 is 1.19 bits per heavy atom. The van der Waals surface area contributed by atoms with Gasteiger partial charge in [-0.1, -0.05) is 18.2 Å². The van der Waals surface area contributed by atoms with Crippen molar-refractivity contribution >= 4 is 11.5 Å². The van der Waals surface area contributed by atoms with Gasteiger partial charge in [-0.15, -0.1) is 5.11 Å². The molecule has 4 rings (SSSR count). The topological polar surface area (TPSA) is 54.3 Å². The van der Waals surface area contributed by atoms with E-state index in [1.54, 1.807) is 12.1 Å². The number of ketones is 1. The van der Waals surface area contributed by atoms with Gasteiger partial charge >= 0.3 is 0 Å². The Hall–Kier alpha value is -1.91. The average molecular weight is 355 g/mol. The largest absolute Gasteiger partial charge is 0.494 e. The molecular formula is C21H29N3O2. The fraction of sp³-hybridized carbons (Fsp3) is 0.667. The van der Waals surface area contributed by atoms with Crippen molar-refractivity contribution in [3.8, 4) is 5.75 Å². The van der Waals surface area contributed by atoms with Crippen molar-refractivity contribution in [1.82, 2.24) is 5.01 Å². The first-order chi connectivity index (χ1) is 12.5. The van der Waals surface area contributed by atoms with Gasteiger partial charge in [-0.2, -0.15) is 0 Å². The van der Waals surface area contributed by atoms with Gasteiger partial charge in [0.25, 0.3) is 0 Å². The number of nitrogens with zero attached hydrogens (tertiary/aromatic N) is 3. The molecule has 0 aliphatic heterocycles. The predicted molar refractivity (Wildman–Crippen MR) is 101 cm³/mol. The molecule has 4 unspecified atom stereocenters. The third-order valence-electron chi connectivity index (χ3n) is 7.10. The monoisotopic (exact) mass is 355 g/mol. The number of fused-ring (bicyclic) bond motifs is 5. The SMILES string of the molecule is COc1ccc2c(c1N=NN(C)C)CCC1C2CCC2(C)C(=O)CCC12. The van der Waals surface area contributed by atoms with E-state index in [4.69, 9.17) is 4.74 Å². The number of rotatable bonds is 3. The van der Waals surface area contributed by atoms with Crippen LogP contribution in [0.3, 0.4) is 0 Å². The van der Waals surface area contributed by atoms with E-state index in [1.807, 2.05) is 20.2 Å². The maximum Gasteiger partial charge on any atom is 0.146 e. The number of methoxy groups -OCH3 is 1. The first-order valence-corrected chi connectivity index (χ1v) is 9.77. The molecule has 1 aromatic carbocycles. The number of carbonyl (C=O) groups excluding carboxylic acids is 1. The molecule has 2 fully saturated rings. The maximum absolute atomic E-state index is 12.5. The predicted octanol–water partition coefficient (Wildman–Crippen LogP) is 4.68. The van der Waals surface area contributed by atoms with Crippen LogP contribution >= 0.6 is 0 Å². The second-order valence-electron chi connectivity index (χ2n) is 8.55. The molecule has 2 saturated carbocycles. The van der Waals surface area contributed by atoms with Crippen LogP contribution in [0.25, 0.3) is 0 Å². The van der Waals surface area contributed by atoms with Crippen LogP contribution in [0.15, 0.2) is 22.5 Å².